The molecule has 0 aliphatic rings. The first-order chi connectivity index (χ1) is 9.57. The van der Waals surface area contributed by atoms with Gasteiger partial charge in [0.1, 0.15) is 0 Å². The lowest BCUT2D eigenvalue weighted by atomic mass is 10.0. The number of hydrogen-bond acceptors (Lipinski definition) is 2. The lowest BCUT2D eigenvalue weighted by molar-refractivity contribution is 0.539. The van der Waals surface area contributed by atoms with E-state index in [2.05, 4.69) is 60.0 Å². The second-order valence-corrected chi connectivity index (χ2v) is 10.5. The molecule has 20 heavy (non-hydrogen) atoms. The van der Waals surface area contributed by atoms with Crippen LogP contribution in [0, 0.1) is 0 Å². The molecule has 0 saturated carbocycles. The van der Waals surface area contributed by atoms with Crippen LogP contribution in [-0.2, 0) is 0 Å². The molecule has 102 valence electrons. The van der Waals surface area contributed by atoms with Crippen LogP contribution in [0.15, 0.2) is 60.0 Å². The number of hydrogen-bond donors (Lipinski definition) is 1. The molecule has 0 bridgehead atoms. The monoisotopic (exact) mass is 298 g/mol. The second kappa shape index (κ2) is 5.17. The largest absolute Gasteiger partial charge is 0.431 e. The normalized spacial score (nSPS) is 13.6. The maximum atomic E-state index is 10.8. The zero-order chi connectivity index (χ0) is 14.2. The quantitative estimate of drug-likeness (QED) is 0.691. The Balaban J connectivity index is 2.25. The van der Waals surface area contributed by atoms with Crippen LogP contribution >= 0.6 is 11.3 Å². The van der Waals surface area contributed by atoms with E-state index in [1.54, 1.807) is 11.3 Å². The van der Waals surface area contributed by atoms with Crippen LogP contribution in [0.4, 0.5) is 0 Å². The maximum absolute atomic E-state index is 10.8. The minimum Gasteiger partial charge on any atom is -0.431 e. The van der Waals surface area contributed by atoms with Gasteiger partial charge < -0.3 is 4.80 Å². The summed E-state index contributed by atoms with van der Waals surface area (Å²) in [5.74, 6) is 0. The van der Waals surface area contributed by atoms with Crippen LogP contribution in [0.25, 0.3) is 10.8 Å². The fraction of sp³-hybridized carbons (Fsp3) is 0.176. The Bertz CT molecular complexity index is 708. The third kappa shape index (κ3) is 2.44. The van der Waals surface area contributed by atoms with E-state index >= 15 is 0 Å². The van der Waals surface area contributed by atoms with Gasteiger partial charge in [0.15, 0.2) is 8.32 Å². The molecule has 0 amide bonds. The summed E-state index contributed by atoms with van der Waals surface area (Å²) in [5, 5.41) is 4.58. The summed E-state index contributed by atoms with van der Waals surface area (Å²) in [7, 11) is -2.34. The fourth-order valence-electron chi connectivity index (χ4n) is 2.84. The van der Waals surface area contributed by atoms with Crippen molar-refractivity contribution in [3.8, 4) is 0 Å². The van der Waals surface area contributed by atoms with Crippen molar-refractivity contribution in [3.63, 3.8) is 0 Å². The van der Waals surface area contributed by atoms with Gasteiger partial charge in [-0.2, -0.15) is 0 Å². The molecule has 3 aromatic rings. The average molecular weight is 298 g/mol. The van der Waals surface area contributed by atoms with Crippen molar-refractivity contribution in [2.24, 2.45) is 0 Å². The van der Waals surface area contributed by atoms with Gasteiger partial charge >= 0.3 is 0 Å². The molecule has 2 aromatic carbocycles. The van der Waals surface area contributed by atoms with Gasteiger partial charge in [-0.05, 0) is 40.9 Å². The molecule has 1 heterocycles. The summed E-state index contributed by atoms with van der Waals surface area (Å²) in [4.78, 5) is 12.1. The number of benzene rings is 2. The van der Waals surface area contributed by atoms with Gasteiger partial charge in [-0.3, -0.25) is 0 Å². The summed E-state index contributed by atoms with van der Waals surface area (Å²) in [6.07, 6.45) is 0. The standard InChI is InChI=1S/C17H18OSSi/c1-20(2,18)17(16-11-6-12-19-16)15-10-5-8-13-7-3-4-9-14(13)15/h3-12,17-18H,1-2H3. The summed E-state index contributed by atoms with van der Waals surface area (Å²) in [5.41, 5.74) is 1.39. The van der Waals surface area contributed by atoms with Crippen LogP contribution in [-0.4, -0.2) is 13.1 Å². The molecule has 0 radical (unpaired) electrons. The van der Waals surface area contributed by atoms with E-state index in [4.69, 9.17) is 0 Å². The lowest BCUT2D eigenvalue weighted by Crippen LogP contribution is -2.35. The molecule has 0 spiro atoms. The Morgan fingerprint density at radius 3 is 2.40 bits per heavy atom. The van der Waals surface area contributed by atoms with Crippen LogP contribution in [0.2, 0.25) is 13.1 Å². The third-order valence-corrected chi connectivity index (χ3v) is 6.85. The van der Waals surface area contributed by atoms with Gasteiger partial charge in [0.2, 0.25) is 0 Å². The summed E-state index contributed by atoms with van der Waals surface area (Å²) >= 11 is 1.74. The highest BCUT2D eigenvalue weighted by atomic mass is 32.1. The van der Waals surface area contributed by atoms with Crippen LogP contribution in [0.1, 0.15) is 16.0 Å². The molecule has 1 aromatic heterocycles. The van der Waals surface area contributed by atoms with Crippen molar-refractivity contribution < 1.29 is 4.80 Å². The molecule has 0 aliphatic carbocycles. The minimum atomic E-state index is -2.34. The van der Waals surface area contributed by atoms with E-state index in [0.717, 1.165) is 0 Å². The molecule has 1 atom stereocenters. The predicted molar refractivity (Wildman–Crippen MR) is 89.8 cm³/mol. The van der Waals surface area contributed by atoms with Gasteiger partial charge in [0, 0.05) is 10.4 Å². The summed E-state index contributed by atoms with van der Waals surface area (Å²) in [6.45, 7) is 4.05. The van der Waals surface area contributed by atoms with Crippen molar-refractivity contribution in [3.05, 3.63) is 70.4 Å². The molecule has 0 saturated heterocycles. The van der Waals surface area contributed by atoms with Crippen LogP contribution < -0.4 is 0 Å². The first-order valence-corrected chi connectivity index (χ1v) is 10.7. The highest BCUT2D eigenvalue weighted by Crippen LogP contribution is 2.38. The Morgan fingerprint density at radius 1 is 0.950 bits per heavy atom. The smallest absolute Gasteiger partial charge is 0.195 e. The van der Waals surface area contributed by atoms with Gasteiger partial charge in [-0.1, -0.05) is 48.5 Å². The highest BCUT2D eigenvalue weighted by molar-refractivity contribution is 7.10. The van der Waals surface area contributed by atoms with Gasteiger partial charge in [-0.15, -0.1) is 11.3 Å². The average Bonchev–Trinajstić information content (AvgIpc) is 2.91. The van der Waals surface area contributed by atoms with Gasteiger partial charge in [0.25, 0.3) is 0 Å². The van der Waals surface area contributed by atoms with E-state index in [0.29, 0.717) is 0 Å². The van der Waals surface area contributed by atoms with Crippen molar-refractivity contribution in [1.82, 2.24) is 0 Å². The topological polar surface area (TPSA) is 20.2 Å². The Morgan fingerprint density at radius 2 is 1.70 bits per heavy atom. The minimum absolute atomic E-state index is 0.133. The third-order valence-electron chi connectivity index (χ3n) is 3.67. The zero-order valence-electron chi connectivity index (χ0n) is 11.7. The SMILES string of the molecule is C[Si](C)(O)C(c1cccs1)c1cccc2ccccc12. The predicted octanol–water partition coefficient (Wildman–Crippen LogP) is 4.77. The van der Waals surface area contributed by atoms with Crippen LogP contribution in [0.5, 0.6) is 0 Å². The van der Waals surface area contributed by atoms with Crippen molar-refractivity contribution in [2.75, 3.05) is 0 Å². The van der Waals surface area contributed by atoms with Gasteiger partial charge in [0.05, 0.1) is 0 Å². The van der Waals surface area contributed by atoms with Crippen molar-refractivity contribution in [1.29, 1.82) is 0 Å². The maximum Gasteiger partial charge on any atom is 0.195 e. The van der Waals surface area contributed by atoms with E-state index in [1.165, 1.54) is 21.2 Å². The van der Waals surface area contributed by atoms with Crippen molar-refractivity contribution >= 4 is 30.4 Å². The first kappa shape index (κ1) is 13.6. The number of fused-ring (bicyclic) bond motifs is 1. The summed E-state index contributed by atoms with van der Waals surface area (Å²) < 4.78 is 0. The van der Waals surface area contributed by atoms with E-state index in [9.17, 15) is 4.80 Å². The van der Waals surface area contributed by atoms with E-state index in [-0.39, 0.29) is 5.54 Å². The van der Waals surface area contributed by atoms with Gasteiger partial charge in [-0.25, -0.2) is 0 Å². The molecule has 0 fully saturated rings. The second-order valence-electron chi connectivity index (χ2n) is 5.67. The van der Waals surface area contributed by atoms with Crippen LogP contribution in [0.3, 0.4) is 0 Å². The molecule has 1 nitrogen and oxygen atoms in total. The number of rotatable bonds is 3. The molecule has 3 rings (SSSR count). The lowest BCUT2D eigenvalue weighted by Gasteiger charge is -2.27. The highest BCUT2D eigenvalue weighted by Gasteiger charge is 2.34. The molecule has 3 heteroatoms. The summed E-state index contributed by atoms with van der Waals surface area (Å²) in [6, 6.07) is 19.0. The van der Waals surface area contributed by atoms with Crippen molar-refractivity contribution in [2.45, 2.75) is 18.6 Å². The molecule has 0 aliphatic heterocycles. The first-order valence-electron chi connectivity index (χ1n) is 6.81. The Labute approximate surface area is 124 Å². The molecule has 1 unspecified atom stereocenters. The molecule has 1 N–H and O–H groups in total. The molecular weight excluding hydrogens is 280 g/mol. The van der Waals surface area contributed by atoms with E-state index < -0.39 is 8.32 Å². The fourth-order valence-corrected chi connectivity index (χ4v) is 6.45. The Hall–Kier alpha value is -1.42. The van der Waals surface area contributed by atoms with E-state index in [1.807, 2.05) is 13.1 Å². The zero-order valence-corrected chi connectivity index (χ0v) is 13.5. The Kier molecular flexibility index (Phi) is 3.50. The number of thiophene rings is 1. The molecular formula is C17H18OSSi.